The van der Waals surface area contributed by atoms with E-state index in [-0.39, 0.29) is 17.1 Å². The van der Waals surface area contributed by atoms with E-state index in [4.69, 9.17) is 0 Å². The minimum absolute atomic E-state index is 0.118. The monoisotopic (exact) mass is 263 g/mol. The van der Waals surface area contributed by atoms with Crippen LogP contribution in [-0.4, -0.2) is 23.4 Å². The van der Waals surface area contributed by atoms with Gasteiger partial charge in [0, 0.05) is 12.6 Å². The number of rotatable bonds is 4. The van der Waals surface area contributed by atoms with Crippen molar-refractivity contribution in [2.75, 3.05) is 7.11 Å². The number of pyridine rings is 2. The van der Waals surface area contributed by atoms with E-state index in [0.717, 1.165) is 0 Å². The molecule has 97 valence electrons. The molecule has 19 heavy (non-hydrogen) atoms. The number of hydrogen-bond donors (Lipinski definition) is 0. The molecule has 6 heteroatoms. The largest absolute Gasteiger partial charge is 0.479 e. The Morgan fingerprint density at radius 2 is 2.11 bits per heavy atom. The number of aldehydes is 1. The molecule has 0 aliphatic heterocycles. The molecule has 2 heterocycles. The number of ether oxygens (including phenoxy) is 1. The molecule has 0 fully saturated rings. The van der Waals surface area contributed by atoms with Crippen LogP contribution in [0.3, 0.4) is 0 Å². The zero-order valence-electron chi connectivity index (χ0n) is 9.93. The van der Waals surface area contributed by atoms with Gasteiger partial charge in [-0.25, -0.2) is 14.4 Å². The Kier molecular flexibility index (Phi) is 3.79. The van der Waals surface area contributed by atoms with Crippen molar-refractivity contribution >= 4 is 6.29 Å². The molecule has 4 nitrogen and oxygen atoms in total. The van der Waals surface area contributed by atoms with Gasteiger partial charge in [0.05, 0.1) is 18.4 Å². The summed E-state index contributed by atoms with van der Waals surface area (Å²) in [5.74, 6) is -1.61. The third-order valence-electron chi connectivity index (χ3n) is 2.36. The van der Waals surface area contributed by atoms with Gasteiger partial charge >= 0.3 is 0 Å². The van der Waals surface area contributed by atoms with Gasteiger partial charge in [-0.1, -0.05) is 0 Å². The normalized spacial score (nSPS) is 10.3. The Balaban J connectivity index is 2.23. The van der Waals surface area contributed by atoms with Gasteiger partial charge in [-0.2, -0.15) is 4.39 Å². The van der Waals surface area contributed by atoms with E-state index >= 15 is 0 Å². The lowest BCUT2D eigenvalue weighted by molar-refractivity contribution is 0.111. The van der Waals surface area contributed by atoms with Crippen LogP contribution in [0.25, 0.3) is 0 Å². The van der Waals surface area contributed by atoms with E-state index in [0.29, 0.717) is 11.8 Å². The maximum absolute atomic E-state index is 13.4. The van der Waals surface area contributed by atoms with E-state index in [9.17, 15) is 13.6 Å². The van der Waals surface area contributed by atoms with E-state index in [1.165, 1.54) is 37.9 Å². The van der Waals surface area contributed by atoms with Gasteiger partial charge in [0.1, 0.15) is 0 Å². The first kappa shape index (κ1) is 13.1. The third kappa shape index (κ3) is 2.90. The highest BCUT2D eigenvalue weighted by Crippen LogP contribution is 2.17. The average Bonchev–Trinajstić information content (AvgIpc) is 2.39. The van der Waals surface area contributed by atoms with Crippen molar-refractivity contribution in [2.45, 2.75) is 0 Å². The second-order valence-electron chi connectivity index (χ2n) is 3.64. The van der Waals surface area contributed by atoms with Gasteiger partial charge in [-0.3, -0.25) is 4.79 Å². The van der Waals surface area contributed by atoms with Gasteiger partial charge in [0.25, 0.3) is 0 Å². The molecule has 2 aromatic heterocycles. The highest BCUT2D eigenvalue weighted by molar-refractivity contribution is 5.74. The van der Waals surface area contributed by atoms with Crippen LogP contribution in [-0.2, 0) is 0 Å². The van der Waals surface area contributed by atoms with Crippen molar-refractivity contribution in [3.63, 3.8) is 0 Å². The zero-order chi connectivity index (χ0) is 13.8. The van der Waals surface area contributed by atoms with Crippen LogP contribution in [0.5, 0.6) is 5.88 Å². The summed E-state index contributed by atoms with van der Waals surface area (Å²) < 4.78 is 31.4. The molecule has 0 unspecified atom stereocenters. The van der Waals surface area contributed by atoms with Crippen molar-refractivity contribution in [3.05, 3.63) is 59.4 Å². The minimum Gasteiger partial charge on any atom is -0.479 e. The lowest BCUT2D eigenvalue weighted by Crippen LogP contribution is -1.99. The van der Waals surface area contributed by atoms with Crippen molar-refractivity contribution in [1.82, 2.24) is 9.97 Å². The van der Waals surface area contributed by atoms with E-state index < -0.39 is 11.8 Å². The van der Waals surface area contributed by atoms with Gasteiger partial charge in [0.2, 0.25) is 11.8 Å². The summed E-state index contributed by atoms with van der Waals surface area (Å²) in [7, 11) is 1.31. The van der Waals surface area contributed by atoms with Gasteiger partial charge < -0.3 is 4.74 Å². The van der Waals surface area contributed by atoms with E-state index in [2.05, 4.69) is 14.7 Å². The van der Waals surface area contributed by atoms with Crippen LogP contribution in [0.4, 0.5) is 8.78 Å². The maximum Gasteiger partial charge on any atom is 0.250 e. The summed E-state index contributed by atoms with van der Waals surface area (Å²) in [6.07, 6.45) is 3.18. The van der Waals surface area contributed by atoms with Gasteiger partial charge in [0.15, 0.2) is 12.1 Å². The fraction of sp³-hybridized carbons (Fsp3) is 0.0769. The van der Waals surface area contributed by atoms with Crippen molar-refractivity contribution in [3.8, 4) is 5.88 Å². The molecule has 0 aliphatic rings. The molecular weight excluding hydrogens is 254 g/mol. The Morgan fingerprint density at radius 3 is 2.68 bits per heavy atom. The number of methoxy groups -OCH3 is 1. The number of carbonyl (C=O) groups excluding carboxylic acids is 1. The lowest BCUT2D eigenvalue weighted by atomic mass is 10.1. The fourth-order valence-corrected chi connectivity index (χ4v) is 1.47. The number of halogens is 2. The first-order valence-corrected chi connectivity index (χ1v) is 5.30. The molecule has 0 atom stereocenters. The summed E-state index contributed by atoms with van der Waals surface area (Å²) in [6.45, 7) is 0. The molecule has 0 amide bonds. The number of carbonyl (C=O) groups is 1. The van der Waals surface area contributed by atoms with E-state index in [1.54, 1.807) is 0 Å². The summed E-state index contributed by atoms with van der Waals surface area (Å²) in [6, 6.07) is 3.95. The van der Waals surface area contributed by atoms with Crippen molar-refractivity contribution < 1.29 is 18.3 Å². The predicted molar refractivity (Wildman–Crippen MR) is 62.8 cm³/mol. The summed E-state index contributed by atoms with van der Waals surface area (Å²) in [5, 5.41) is 0. The molecule has 0 aliphatic carbocycles. The number of aromatic nitrogens is 2. The van der Waals surface area contributed by atoms with Crippen LogP contribution in [0.15, 0.2) is 24.4 Å². The van der Waals surface area contributed by atoms with Gasteiger partial charge in [-0.05, 0) is 23.8 Å². The molecule has 0 N–H and O–H groups in total. The smallest absolute Gasteiger partial charge is 0.250 e. The highest BCUT2D eigenvalue weighted by atomic mass is 19.1. The molecule has 0 saturated carbocycles. The molecule has 0 bridgehead atoms. The summed E-state index contributed by atoms with van der Waals surface area (Å²) >= 11 is 0. The molecule has 0 aromatic carbocycles. The van der Waals surface area contributed by atoms with Crippen LogP contribution < -0.4 is 4.74 Å². The Labute approximate surface area is 108 Å². The Morgan fingerprint density at radius 1 is 1.32 bits per heavy atom. The fourth-order valence-electron chi connectivity index (χ4n) is 1.47. The van der Waals surface area contributed by atoms with Crippen LogP contribution in [0.2, 0.25) is 0 Å². The Bertz CT molecular complexity index is 618. The zero-order valence-corrected chi connectivity index (χ0v) is 9.93. The Hall–Kier alpha value is -2.37. The standard InChI is InChI=1S/C13H9F2N2O2/c1-19-13-11(14)5-8(6-16-13)4-10-3-2-9(7-18)12(15)17-10/h2-7H,1H3. The molecule has 2 rings (SSSR count). The van der Waals surface area contributed by atoms with Crippen molar-refractivity contribution in [2.24, 2.45) is 0 Å². The predicted octanol–water partition coefficient (Wildman–Crippen LogP) is 2.18. The number of nitrogens with zero attached hydrogens (tertiary/aromatic N) is 2. The third-order valence-corrected chi connectivity index (χ3v) is 2.36. The van der Waals surface area contributed by atoms with Crippen molar-refractivity contribution in [1.29, 1.82) is 0 Å². The average molecular weight is 263 g/mol. The van der Waals surface area contributed by atoms with Crippen LogP contribution in [0, 0.1) is 18.2 Å². The SMILES string of the molecule is COc1ncc([CH]c2ccc(C=O)c(F)n2)cc1F. The molecule has 1 radical (unpaired) electrons. The number of hydrogen-bond acceptors (Lipinski definition) is 4. The molecule has 0 saturated heterocycles. The van der Waals surface area contributed by atoms with Gasteiger partial charge in [-0.15, -0.1) is 0 Å². The second kappa shape index (κ2) is 5.51. The first-order valence-electron chi connectivity index (χ1n) is 5.30. The van der Waals surface area contributed by atoms with E-state index in [1.807, 2.05) is 0 Å². The minimum atomic E-state index is -0.870. The molecule has 2 aromatic rings. The second-order valence-corrected chi connectivity index (χ2v) is 3.64. The van der Waals surface area contributed by atoms with Crippen LogP contribution in [0.1, 0.15) is 21.6 Å². The lowest BCUT2D eigenvalue weighted by Gasteiger charge is -2.04. The van der Waals surface area contributed by atoms with Crippen LogP contribution >= 0.6 is 0 Å². The topological polar surface area (TPSA) is 52.1 Å². The molecule has 0 spiro atoms. The highest BCUT2D eigenvalue weighted by Gasteiger charge is 2.09. The summed E-state index contributed by atoms with van der Waals surface area (Å²) in [4.78, 5) is 17.8. The summed E-state index contributed by atoms with van der Waals surface area (Å²) in [5.41, 5.74) is 0.537. The first-order chi connectivity index (χ1) is 9.13. The molecular formula is C13H9F2N2O2. The quantitative estimate of drug-likeness (QED) is 0.626. The maximum atomic E-state index is 13.4.